The number of hydrogen-bond donors (Lipinski definition) is 0. The lowest BCUT2D eigenvalue weighted by Gasteiger charge is -2.33. The molecule has 0 atom stereocenters. The van der Waals surface area contributed by atoms with Crippen LogP contribution in [0.1, 0.15) is 39.0 Å². The average Bonchev–Trinajstić information content (AvgIpc) is 3.02. The van der Waals surface area contributed by atoms with Crippen molar-refractivity contribution in [2.75, 3.05) is 18.0 Å². The molecule has 7 heteroatoms. The molecule has 0 aliphatic heterocycles. The van der Waals surface area contributed by atoms with Gasteiger partial charge in [0.15, 0.2) is 5.82 Å². The molecule has 1 aromatic heterocycles. The summed E-state index contributed by atoms with van der Waals surface area (Å²) < 4.78 is 53.7. The largest absolute Gasteiger partial charge is 0.354 e. The van der Waals surface area contributed by atoms with Crippen molar-refractivity contribution >= 4 is 5.82 Å². The van der Waals surface area contributed by atoms with Crippen molar-refractivity contribution in [2.45, 2.75) is 45.0 Å². The first kappa shape index (κ1) is 15.5. The molecule has 0 bridgehead atoms. The van der Waals surface area contributed by atoms with Crippen LogP contribution in [0.25, 0.3) is 0 Å². The van der Waals surface area contributed by atoms with Crippen molar-refractivity contribution in [2.24, 2.45) is 11.3 Å². The van der Waals surface area contributed by atoms with Crippen LogP contribution in [0.5, 0.6) is 0 Å². The fourth-order valence-electron chi connectivity index (χ4n) is 3.57. The maximum Gasteiger partial charge on any atom is 0.254 e. The minimum atomic E-state index is -2.50. The van der Waals surface area contributed by atoms with E-state index in [-0.39, 0.29) is 18.2 Å². The second kappa shape index (κ2) is 5.35. The van der Waals surface area contributed by atoms with Gasteiger partial charge in [-0.2, -0.15) is 8.78 Å². The fourth-order valence-corrected chi connectivity index (χ4v) is 3.57. The minimum absolute atomic E-state index is 0.00988. The Morgan fingerprint density at radius 3 is 2.41 bits per heavy atom. The Kier molecular flexibility index (Phi) is 3.77. The highest BCUT2D eigenvalue weighted by molar-refractivity contribution is 5.38. The number of hydrogen-bond acceptors (Lipinski definition) is 3. The zero-order chi connectivity index (χ0) is 16.0. The van der Waals surface area contributed by atoms with Gasteiger partial charge in [0.05, 0.1) is 0 Å². The summed E-state index contributed by atoms with van der Waals surface area (Å²) in [7, 11) is 0. The van der Waals surface area contributed by atoms with Crippen molar-refractivity contribution in [3.63, 3.8) is 0 Å². The van der Waals surface area contributed by atoms with E-state index in [9.17, 15) is 17.6 Å². The third-order valence-electron chi connectivity index (χ3n) is 5.16. The number of halogens is 4. The molecule has 2 aliphatic carbocycles. The predicted octanol–water partition coefficient (Wildman–Crippen LogP) is 3.80. The van der Waals surface area contributed by atoms with Crippen molar-refractivity contribution in [1.29, 1.82) is 0 Å². The highest BCUT2D eigenvalue weighted by Crippen LogP contribution is 2.67. The zero-order valence-corrected chi connectivity index (χ0v) is 12.5. The maximum atomic E-state index is 13.8. The van der Waals surface area contributed by atoms with E-state index >= 15 is 0 Å². The van der Waals surface area contributed by atoms with Crippen LogP contribution in [0.2, 0.25) is 0 Å². The molecule has 122 valence electrons. The summed E-state index contributed by atoms with van der Waals surface area (Å²) in [5, 5.41) is 0. The molecule has 0 aromatic carbocycles. The zero-order valence-electron chi connectivity index (χ0n) is 12.5. The molecular formula is C15H19F4N3. The number of alkyl halides is 2. The molecule has 2 saturated carbocycles. The third-order valence-corrected chi connectivity index (χ3v) is 5.16. The minimum Gasteiger partial charge on any atom is -0.354 e. The topological polar surface area (TPSA) is 29.0 Å². The Morgan fingerprint density at radius 1 is 1.23 bits per heavy atom. The summed E-state index contributed by atoms with van der Waals surface area (Å²) in [5.74, 6) is -4.55. The van der Waals surface area contributed by atoms with Gasteiger partial charge in [0.25, 0.3) is 11.9 Å². The van der Waals surface area contributed by atoms with E-state index in [1.165, 1.54) is 0 Å². The van der Waals surface area contributed by atoms with Crippen LogP contribution in [-0.2, 0) is 0 Å². The van der Waals surface area contributed by atoms with Gasteiger partial charge in [-0.15, -0.1) is 0 Å². The molecule has 0 unspecified atom stereocenters. The van der Waals surface area contributed by atoms with E-state index in [0.29, 0.717) is 38.8 Å². The Labute approximate surface area is 126 Å². The SMILES string of the molecule is CCN(CC1CCC2(CC1)CC2(F)F)c1ncnc(F)c1F. The van der Waals surface area contributed by atoms with Gasteiger partial charge in [0, 0.05) is 24.9 Å². The average molecular weight is 317 g/mol. The fraction of sp³-hybridized carbons (Fsp3) is 0.733. The van der Waals surface area contributed by atoms with Gasteiger partial charge in [-0.3, -0.25) is 0 Å². The summed E-state index contributed by atoms with van der Waals surface area (Å²) in [6.07, 6.45) is 3.43. The van der Waals surface area contributed by atoms with E-state index in [0.717, 1.165) is 6.33 Å². The van der Waals surface area contributed by atoms with Crippen LogP contribution in [0.3, 0.4) is 0 Å². The number of aromatic nitrogens is 2. The standard InChI is InChI=1S/C15H19F4N3/c1-2-22(13-11(16)12(17)20-9-21-13)7-10-3-5-14(6-4-10)8-15(14,18)19/h9-10H,2-8H2,1H3. The van der Waals surface area contributed by atoms with Gasteiger partial charge in [-0.05, 0) is 38.5 Å². The highest BCUT2D eigenvalue weighted by atomic mass is 19.3. The molecule has 1 heterocycles. The summed E-state index contributed by atoms with van der Waals surface area (Å²) in [6.45, 7) is 2.81. The number of rotatable bonds is 4. The molecule has 0 saturated heterocycles. The predicted molar refractivity (Wildman–Crippen MR) is 73.8 cm³/mol. The summed E-state index contributed by atoms with van der Waals surface area (Å²) in [5.41, 5.74) is -0.771. The Hall–Kier alpha value is -1.40. The first-order valence-electron chi connectivity index (χ1n) is 7.67. The van der Waals surface area contributed by atoms with Gasteiger partial charge >= 0.3 is 0 Å². The molecular weight excluding hydrogens is 298 g/mol. The first-order valence-corrected chi connectivity index (χ1v) is 7.67. The van der Waals surface area contributed by atoms with Gasteiger partial charge in [-0.25, -0.2) is 18.7 Å². The van der Waals surface area contributed by atoms with Gasteiger partial charge < -0.3 is 4.90 Å². The second-order valence-corrected chi connectivity index (χ2v) is 6.45. The van der Waals surface area contributed by atoms with Crippen molar-refractivity contribution in [3.8, 4) is 0 Å². The van der Waals surface area contributed by atoms with Gasteiger partial charge in [-0.1, -0.05) is 0 Å². The van der Waals surface area contributed by atoms with E-state index in [1.807, 2.05) is 6.92 Å². The normalized spacial score (nSPS) is 29.6. The van der Waals surface area contributed by atoms with Crippen LogP contribution >= 0.6 is 0 Å². The van der Waals surface area contributed by atoms with Crippen LogP contribution in [-0.4, -0.2) is 29.0 Å². The van der Waals surface area contributed by atoms with E-state index in [4.69, 9.17) is 0 Å². The van der Waals surface area contributed by atoms with Gasteiger partial charge in [0.1, 0.15) is 6.33 Å². The summed E-state index contributed by atoms with van der Waals surface area (Å²) >= 11 is 0. The van der Waals surface area contributed by atoms with Crippen LogP contribution < -0.4 is 4.90 Å². The lowest BCUT2D eigenvalue weighted by molar-refractivity contribution is 0.0411. The Morgan fingerprint density at radius 2 is 1.86 bits per heavy atom. The van der Waals surface area contributed by atoms with Crippen molar-refractivity contribution < 1.29 is 17.6 Å². The smallest absolute Gasteiger partial charge is 0.254 e. The van der Waals surface area contributed by atoms with E-state index in [2.05, 4.69) is 9.97 Å². The molecule has 3 nitrogen and oxygen atoms in total. The lowest BCUT2D eigenvalue weighted by Crippen LogP contribution is -2.34. The van der Waals surface area contributed by atoms with E-state index < -0.39 is 23.1 Å². The Balaban J connectivity index is 1.64. The molecule has 3 rings (SSSR count). The van der Waals surface area contributed by atoms with Gasteiger partial charge in [0.2, 0.25) is 5.82 Å². The summed E-state index contributed by atoms with van der Waals surface area (Å²) in [6, 6.07) is 0. The first-order chi connectivity index (χ1) is 10.4. The molecule has 1 spiro atoms. The van der Waals surface area contributed by atoms with Crippen LogP contribution in [0, 0.1) is 23.1 Å². The molecule has 0 amide bonds. The molecule has 1 aromatic rings. The Bertz CT molecular complexity index is 556. The van der Waals surface area contributed by atoms with E-state index in [1.54, 1.807) is 4.90 Å². The lowest BCUT2D eigenvalue weighted by atomic mass is 9.79. The van der Waals surface area contributed by atoms with Crippen molar-refractivity contribution in [1.82, 2.24) is 9.97 Å². The quantitative estimate of drug-likeness (QED) is 0.625. The van der Waals surface area contributed by atoms with Crippen LogP contribution in [0.4, 0.5) is 23.4 Å². The third kappa shape index (κ3) is 2.54. The van der Waals surface area contributed by atoms with Crippen LogP contribution in [0.15, 0.2) is 6.33 Å². The number of nitrogens with zero attached hydrogens (tertiary/aromatic N) is 3. The second-order valence-electron chi connectivity index (χ2n) is 6.45. The molecule has 0 radical (unpaired) electrons. The monoisotopic (exact) mass is 317 g/mol. The molecule has 22 heavy (non-hydrogen) atoms. The van der Waals surface area contributed by atoms with Crippen molar-refractivity contribution in [3.05, 3.63) is 18.1 Å². The highest BCUT2D eigenvalue weighted by Gasteiger charge is 2.70. The molecule has 2 aliphatic rings. The maximum absolute atomic E-state index is 13.8. The summed E-state index contributed by atoms with van der Waals surface area (Å²) in [4.78, 5) is 8.66. The molecule has 0 N–H and O–H groups in total. The molecule has 2 fully saturated rings. The number of anilines is 1.